The molecular formula is C12H26N2O. The van der Waals surface area contributed by atoms with E-state index in [-0.39, 0.29) is 0 Å². The van der Waals surface area contributed by atoms with Crippen molar-refractivity contribution in [3.63, 3.8) is 0 Å². The van der Waals surface area contributed by atoms with Gasteiger partial charge in [0.2, 0.25) is 0 Å². The highest BCUT2D eigenvalue weighted by atomic mass is 16.5. The molecule has 3 heteroatoms. The van der Waals surface area contributed by atoms with E-state index < -0.39 is 0 Å². The van der Waals surface area contributed by atoms with Crippen LogP contribution in [0.25, 0.3) is 0 Å². The SMILES string of the molecule is COC(C)CNCC1(N(C)C)CCCC1. The summed E-state index contributed by atoms with van der Waals surface area (Å²) in [6.07, 6.45) is 5.72. The number of rotatable bonds is 6. The van der Waals surface area contributed by atoms with Crippen LogP contribution in [0, 0.1) is 0 Å². The van der Waals surface area contributed by atoms with Gasteiger partial charge in [-0.1, -0.05) is 12.8 Å². The van der Waals surface area contributed by atoms with Crippen molar-refractivity contribution in [2.75, 3.05) is 34.3 Å². The first-order chi connectivity index (χ1) is 7.10. The van der Waals surface area contributed by atoms with Crippen LogP contribution in [0.15, 0.2) is 0 Å². The number of nitrogens with one attached hydrogen (secondary N) is 1. The molecule has 0 bridgehead atoms. The predicted octanol–water partition coefficient (Wildman–Crippen LogP) is 1.49. The lowest BCUT2D eigenvalue weighted by Crippen LogP contribution is -2.50. The minimum Gasteiger partial charge on any atom is -0.380 e. The van der Waals surface area contributed by atoms with Gasteiger partial charge < -0.3 is 15.0 Å². The molecule has 1 aliphatic rings. The van der Waals surface area contributed by atoms with Crippen molar-refractivity contribution in [2.24, 2.45) is 0 Å². The van der Waals surface area contributed by atoms with E-state index in [4.69, 9.17) is 4.74 Å². The quantitative estimate of drug-likeness (QED) is 0.725. The van der Waals surface area contributed by atoms with Crippen LogP contribution in [0.2, 0.25) is 0 Å². The fourth-order valence-corrected chi connectivity index (χ4v) is 2.41. The standard InChI is InChI=1S/C12H26N2O/c1-11(15-4)9-13-10-12(14(2)3)7-5-6-8-12/h11,13H,5-10H2,1-4H3. The highest BCUT2D eigenvalue weighted by Gasteiger charge is 2.35. The molecule has 1 N–H and O–H groups in total. The number of nitrogens with zero attached hydrogens (tertiary/aromatic N) is 1. The molecule has 3 nitrogen and oxygen atoms in total. The molecule has 0 amide bonds. The largest absolute Gasteiger partial charge is 0.380 e. The zero-order valence-corrected chi connectivity index (χ0v) is 10.7. The van der Waals surface area contributed by atoms with Gasteiger partial charge in [0.15, 0.2) is 0 Å². The predicted molar refractivity (Wildman–Crippen MR) is 64.2 cm³/mol. The lowest BCUT2D eigenvalue weighted by molar-refractivity contribution is 0.105. The summed E-state index contributed by atoms with van der Waals surface area (Å²) in [4.78, 5) is 2.39. The molecule has 0 radical (unpaired) electrons. The van der Waals surface area contributed by atoms with Crippen molar-refractivity contribution < 1.29 is 4.74 Å². The smallest absolute Gasteiger partial charge is 0.0667 e. The molecule has 1 rings (SSSR count). The Labute approximate surface area is 94.2 Å². The summed E-state index contributed by atoms with van der Waals surface area (Å²) >= 11 is 0. The van der Waals surface area contributed by atoms with Crippen LogP contribution in [0.4, 0.5) is 0 Å². The highest BCUT2D eigenvalue weighted by molar-refractivity contribution is 4.94. The Bertz CT molecular complexity index is 176. The van der Waals surface area contributed by atoms with E-state index in [0.717, 1.165) is 13.1 Å². The normalized spacial score (nSPS) is 22.2. The van der Waals surface area contributed by atoms with Crippen LogP contribution in [0.5, 0.6) is 0 Å². The monoisotopic (exact) mass is 214 g/mol. The molecule has 0 aliphatic heterocycles. The van der Waals surface area contributed by atoms with Crippen molar-refractivity contribution in [2.45, 2.75) is 44.2 Å². The van der Waals surface area contributed by atoms with E-state index in [1.807, 2.05) is 0 Å². The molecule has 1 atom stereocenters. The van der Waals surface area contributed by atoms with Crippen LogP contribution in [0.3, 0.4) is 0 Å². The number of hydrogen-bond donors (Lipinski definition) is 1. The van der Waals surface area contributed by atoms with E-state index >= 15 is 0 Å². The van der Waals surface area contributed by atoms with Gasteiger partial charge in [-0.3, -0.25) is 0 Å². The third-order valence-electron chi connectivity index (χ3n) is 3.77. The Kier molecular flexibility index (Phi) is 5.03. The van der Waals surface area contributed by atoms with Gasteiger partial charge in [-0.2, -0.15) is 0 Å². The van der Waals surface area contributed by atoms with Crippen LogP contribution < -0.4 is 5.32 Å². The van der Waals surface area contributed by atoms with Gasteiger partial charge in [-0.25, -0.2) is 0 Å². The van der Waals surface area contributed by atoms with Gasteiger partial charge in [0, 0.05) is 25.7 Å². The first-order valence-corrected chi connectivity index (χ1v) is 6.02. The highest BCUT2D eigenvalue weighted by Crippen LogP contribution is 2.32. The lowest BCUT2D eigenvalue weighted by atomic mass is 9.96. The Morgan fingerprint density at radius 1 is 1.33 bits per heavy atom. The summed E-state index contributed by atoms with van der Waals surface area (Å²) < 4.78 is 5.23. The Hall–Kier alpha value is -0.120. The van der Waals surface area contributed by atoms with Crippen molar-refractivity contribution in [1.29, 1.82) is 0 Å². The molecule has 0 aromatic carbocycles. The molecule has 0 aromatic rings. The summed E-state index contributed by atoms with van der Waals surface area (Å²) in [6, 6.07) is 0. The maximum atomic E-state index is 5.23. The molecule has 1 aliphatic carbocycles. The van der Waals surface area contributed by atoms with Crippen LogP contribution in [0.1, 0.15) is 32.6 Å². The van der Waals surface area contributed by atoms with Gasteiger partial charge in [0.05, 0.1) is 6.10 Å². The number of methoxy groups -OCH3 is 1. The maximum Gasteiger partial charge on any atom is 0.0667 e. The average molecular weight is 214 g/mol. The second kappa shape index (κ2) is 5.83. The topological polar surface area (TPSA) is 24.5 Å². The van der Waals surface area contributed by atoms with Crippen molar-refractivity contribution >= 4 is 0 Å². The first-order valence-electron chi connectivity index (χ1n) is 6.02. The third-order valence-corrected chi connectivity index (χ3v) is 3.77. The second-order valence-electron chi connectivity index (χ2n) is 5.00. The van der Waals surface area contributed by atoms with Gasteiger partial charge in [-0.05, 0) is 33.9 Å². The van der Waals surface area contributed by atoms with Gasteiger partial charge in [-0.15, -0.1) is 0 Å². The molecule has 90 valence electrons. The summed E-state index contributed by atoms with van der Waals surface area (Å²) in [7, 11) is 6.17. The molecular weight excluding hydrogens is 188 g/mol. The van der Waals surface area contributed by atoms with Crippen molar-refractivity contribution in [3.8, 4) is 0 Å². The fraction of sp³-hybridized carbons (Fsp3) is 1.00. The molecule has 1 fully saturated rings. The maximum absolute atomic E-state index is 5.23. The number of hydrogen-bond acceptors (Lipinski definition) is 3. The van der Waals surface area contributed by atoms with E-state index in [9.17, 15) is 0 Å². The molecule has 0 spiro atoms. The Balaban J connectivity index is 2.33. The van der Waals surface area contributed by atoms with Gasteiger partial charge >= 0.3 is 0 Å². The zero-order valence-electron chi connectivity index (χ0n) is 10.7. The van der Waals surface area contributed by atoms with Crippen LogP contribution in [-0.2, 0) is 4.74 Å². The van der Waals surface area contributed by atoms with Crippen LogP contribution in [-0.4, -0.2) is 50.8 Å². The van der Waals surface area contributed by atoms with Gasteiger partial charge in [0.25, 0.3) is 0 Å². The first kappa shape index (κ1) is 12.9. The molecule has 0 aromatic heterocycles. The van der Waals surface area contributed by atoms with Gasteiger partial charge in [0.1, 0.15) is 0 Å². The molecule has 1 saturated carbocycles. The minimum absolute atomic E-state index is 0.311. The molecule has 0 saturated heterocycles. The number of ether oxygens (including phenoxy) is 1. The van der Waals surface area contributed by atoms with E-state index in [1.54, 1.807) is 7.11 Å². The molecule has 15 heavy (non-hydrogen) atoms. The Morgan fingerprint density at radius 3 is 2.40 bits per heavy atom. The van der Waals surface area contributed by atoms with E-state index in [0.29, 0.717) is 11.6 Å². The van der Waals surface area contributed by atoms with E-state index in [2.05, 4.69) is 31.2 Å². The van der Waals surface area contributed by atoms with Crippen molar-refractivity contribution in [3.05, 3.63) is 0 Å². The molecule has 1 unspecified atom stereocenters. The summed E-state index contributed by atoms with van der Waals surface area (Å²) in [5, 5.41) is 3.53. The summed E-state index contributed by atoms with van der Waals surface area (Å²) in [5.41, 5.74) is 0.396. The third kappa shape index (κ3) is 3.44. The average Bonchev–Trinajstić information content (AvgIpc) is 2.67. The summed E-state index contributed by atoms with van der Waals surface area (Å²) in [5.74, 6) is 0. The van der Waals surface area contributed by atoms with Crippen molar-refractivity contribution in [1.82, 2.24) is 10.2 Å². The van der Waals surface area contributed by atoms with E-state index in [1.165, 1.54) is 25.7 Å². The minimum atomic E-state index is 0.311. The zero-order chi connectivity index (χ0) is 11.3. The fourth-order valence-electron chi connectivity index (χ4n) is 2.41. The summed E-state index contributed by atoms with van der Waals surface area (Å²) in [6.45, 7) is 4.14. The lowest BCUT2D eigenvalue weighted by Gasteiger charge is -2.37. The Morgan fingerprint density at radius 2 is 1.93 bits per heavy atom. The van der Waals surface area contributed by atoms with Crippen LogP contribution >= 0.6 is 0 Å². The molecule has 0 heterocycles. The second-order valence-corrected chi connectivity index (χ2v) is 5.00. The number of likely N-dealkylation sites (N-methyl/N-ethyl adjacent to an activating group) is 1.